The molecule has 0 bridgehead atoms. The Balaban J connectivity index is 2.09. The largest absolute Gasteiger partial charge is 0.360 e. The summed E-state index contributed by atoms with van der Waals surface area (Å²) in [6.45, 7) is 6.88. The monoisotopic (exact) mass is 337 g/mol. The second-order valence-electron chi connectivity index (χ2n) is 5.40. The second kappa shape index (κ2) is 6.51. The van der Waals surface area contributed by atoms with Crippen molar-refractivity contribution in [3.8, 4) is 0 Å². The molecule has 0 saturated heterocycles. The molecule has 1 aromatic heterocycles. The summed E-state index contributed by atoms with van der Waals surface area (Å²) in [6.07, 6.45) is 0. The fourth-order valence-electron chi connectivity index (χ4n) is 1.90. The Labute approximate surface area is 135 Å². The van der Waals surface area contributed by atoms with Crippen LogP contribution in [0.15, 0.2) is 33.7 Å². The predicted octanol–water partition coefficient (Wildman–Crippen LogP) is 1.91. The van der Waals surface area contributed by atoms with E-state index in [2.05, 4.69) is 15.2 Å². The highest BCUT2D eigenvalue weighted by atomic mass is 32.2. The minimum atomic E-state index is -3.79. The highest BCUT2D eigenvalue weighted by Gasteiger charge is 2.23. The van der Waals surface area contributed by atoms with Crippen LogP contribution >= 0.6 is 0 Å². The number of amides is 1. The Bertz CT molecular complexity index is 827. The number of sulfonamides is 1. The van der Waals surface area contributed by atoms with Gasteiger partial charge in [-0.05, 0) is 51.0 Å². The van der Waals surface area contributed by atoms with Gasteiger partial charge in [0, 0.05) is 6.07 Å². The van der Waals surface area contributed by atoms with Crippen LogP contribution in [0.5, 0.6) is 0 Å². The maximum Gasteiger partial charge on any atom is 0.243 e. The quantitative estimate of drug-likeness (QED) is 0.868. The van der Waals surface area contributed by atoms with E-state index in [-0.39, 0.29) is 10.7 Å². The molecule has 1 atom stereocenters. The van der Waals surface area contributed by atoms with Crippen molar-refractivity contribution < 1.29 is 17.7 Å². The molecule has 0 spiro atoms. The molecule has 1 heterocycles. The smallest absolute Gasteiger partial charge is 0.243 e. The van der Waals surface area contributed by atoms with Crippen LogP contribution in [0.1, 0.15) is 23.8 Å². The molecule has 0 radical (unpaired) electrons. The summed E-state index contributed by atoms with van der Waals surface area (Å²) < 4.78 is 31.9. The Morgan fingerprint density at radius 2 is 1.87 bits per heavy atom. The van der Waals surface area contributed by atoms with Gasteiger partial charge in [-0.1, -0.05) is 11.2 Å². The molecular weight excluding hydrogens is 318 g/mol. The molecule has 1 aromatic carbocycles. The summed E-state index contributed by atoms with van der Waals surface area (Å²) in [6, 6.07) is 5.40. The first-order valence-corrected chi connectivity index (χ1v) is 8.51. The van der Waals surface area contributed by atoms with Crippen molar-refractivity contribution in [3.05, 3.63) is 41.2 Å². The van der Waals surface area contributed by atoms with E-state index in [1.165, 1.54) is 13.0 Å². The Kier molecular flexibility index (Phi) is 4.86. The van der Waals surface area contributed by atoms with Crippen LogP contribution in [0.25, 0.3) is 0 Å². The molecule has 23 heavy (non-hydrogen) atoms. The number of carbonyl (C=O) groups is 1. The molecule has 0 saturated carbocycles. The first-order valence-electron chi connectivity index (χ1n) is 7.03. The topological polar surface area (TPSA) is 101 Å². The third-order valence-corrected chi connectivity index (χ3v) is 4.93. The van der Waals surface area contributed by atoms with Crippen LogP contribution in [0, 0.1) is 20.8 Å². The molecule has 0 aliphatic carbocycles. The fraction of sp³-hybridized carbons (Fsp3) is 0.333. The Hall–Kier alpha value is -2.19. The number of aryl methyl sites for hydroxylation is 3. The fourth-order valence-corrected chi connectivity index (χ4v) is 3.18. The lowest BCUT2D eigenvalue weighted by Crippen LogP contribution is -2.41. The zero-order valence-corrected chi connectivity index (χ0v) is 14.2. The first kappa shape index (κ1) is 17.2. The van der Waals surface area contributed by atoms with Crippen molar-refractivity contribution in [2.75, 3.05) is 5.32 Å². The van der Waals surface area contributed by atoms with Gasteiger partial charge in [0.2, 0.25) is 15.9 Å². The van der Waals surface area contributed by atoms with Crippen LogP contribution in [0.4, 0.5) is 5.82 Å². The summed E-state index contributed by atoms with van der Waals surface area (Å²) in [7, 11) is -3.79. The zero-order chi connectivity index (χ0) is 17.2. The molecule has 8 heteroatoms. The maximum atomic E-state index is 12.3. The summed E-state index contributed by atoms with van der Waals surface area (Å²) in [5.41, 5.74) is 1.86. The van der Waals surface area contributed by atoms with Gasteiger partial charge in [-0.3, -0.25) is 4.79 Å². The second-order valence-corrected chi connectivity index (χ2v) is 7.12. The maximum absolute atomic E-state index is 12.3. The van der Waals surface area contributed by atoms with Crippen molar-refractivity contribution in [3.63, 3.8) is 0 Å². The van der Waals surface area contributed by atoms with Crippen LogP contribution in [-0.2, 0) is 14.8 Å². The van der Waals surface area contributed by atoms with Gasteiger partial charge in [-0.2, -0.15) is 4.72 Å². The molecule has 1 amide bonds. The molecular formula is C15H19N3O4S. The first-order chi connectivity index (χ1) is 10.7. The van der Waals surface area contributed by atoms with E-state index in [9.17, 15) is 13.2 Å². The predicted molar refractivity (Wildman–Crippen MR) is 85.6 cm³/mol. The normalized spacial score (nSPS) is 12.9. The van der Waals surface area contributed by atoms with Gasteiger partial charge in [-0.25, -0.2) is 8.42 Å². The Morgan fingerprint density at radius 3 is 2.43 bits per heavy atom. The van der Waals surface area contributed by atoms with Crippen LogP contribution in [0.2, 0.25) is 0 Å². The van der Waals surface area contributed by atoms with E-state index < -0.39 is 22.0 Å². The van der Waals surface area contributed by atoms with E-state index in [4.69, 9.17) is 4.52 Å². The number of aromatic nitrogens is 1. The summed E-state index contributed by atoms with van der Waals surface area (Å²) in [5.74, 6) is 0.263. The van der Waals surface area contributed by atoms with Crippen molar-refractivity contribution in [1.82, 2.24) is 9.88 Å². The van der Waals surface area contributed by atoms with E-state index in [0.717, 1.165) is 11.1 Å². The number of hydrogen-bond donors (Lipinski definition) is 2. The van der Waals surface area contributed by atoms with Crippen molar-refractivity contribution in [2.45, 2.75) is 38.6 Å². The van der Waals surface area contributed by atoms with Crippen LogP contribution in [-0.4, -0.2) is 25.5 Å². The number of nitrogens with zero attached hydrogens (tertiary/aromatic N) is 1. The van der Waals surface area contributed by atoms with Gasteiger partial charge in [0.15, 0.2) is 5.82 Å². The number of nitrogens with one attached hydrogen (secondary N) is 2. The molecule has 0 unspecified atom stereocenters. The average molecular weight is 337 g/mol. The third kappa shape index (κ3) is 4.17. The molecule has 2 N–H and O–H groups in total. The molecule has 0 aliphatic heterocycles. The molecule has 0 fully saturated rings. The highest BCUT2D eigenvalue weighted by molar-refractivity contribution is 7.89. The molecule has 7 nitrogen and oxygen atoms in total. The van der Waals surface area contributed by atoms with E-state index >= 15 is 0 Å². The molecule has 0 aliphatic rings. The number of hydrogen-bond acceptors (Lipinski definition) is 5. The van der Waals surface area contributed by atoms with E-state index in [0.29, 0.717) is 5.76 Å². The number of rotatable bonds is 5. The van der Waals surface area contributed by atoms with Gasteiger partial charge in [-0.15, -0.1) is 0 Å². The molecule has 2 rings (SSSR count). The average Bonchev–Trinajstić information content (AvgIpc) is 2.86. The van der Waals surface area contributed by atoms with E-state index in [1.807, 2.05) is 13.8 Å². The lowest BCUT2D eigenvalue weighted by atomic mass is 10.1. The lowest BCUT2D eigenvalue weighted by molar-refractivity contribution is -0.117. The van der Waals surface area contributed by atoms with Crippen LogP contribution < -0.4 is 10.0 Å². The lowest BCUT2D eigenvalue weighted by Gasteiger charge is -2.14. The van der Waals surface area contributed by atoms with Gasteiger partial charge in [0.05, 0.1) is 10.9 Å². The summed E-state index contributed by atoms with van der Waals surface area (Å²) >= 11 is 0. The molecule has 2 aromatic rings. The minimum Gasteiger partial charge on any atom is -0.360 e. The van der Waals surface area contributed by atoms with Crippen LogP contribution in [0.3, 0.4) is 0 Å². The number of benzene rings is 1. The van der Waals surface area contributed by atoms with Gasteiger partial charge < -0.3 is 9.84 Å². The standard InChI is InChI=1S/C15H19N3O4S/c1-9-5-6-13(7-10(9)2)23(20,21)18-12(4)15(19)16-14-8-11(3)22-17-14/h5-8,12,18H,1-4H3,(H,16,17,19)/t12-/m1/s1. The zero-order valence-electron chi connectivity index (χ0n) is 13.4. The van der Waals surface area contributed by atoms with Crippen molar-refractivity contribution >= 4 is 21.7 Å². The SMILES string of the molecule is Cc1cc(NC(=O)[C@@H](C)NS(=O)(=O)c2ccc(C)c(C)c2)no1. The number of carbonyl (C=O) groups excluding carboxylic acids is 1. The minimum absolute atomic E-state index is 0.123. The number of anilines is 1. The van der Waals surface area contributed by atoms with Gasteiger partial charge >= 0.3 is 0 Å². The van der Waals surface area contributed by atoms with Crippen molar-refractivity contribution in [2.24, 2.45) is 0 Å². The Morgan fingerprint density at radius 1 is 1.17 bits per heavy atom. The highest BCUT2D eigenvalue weighted by Crippen LogP contribution is 2.15. The summed E-state index contributed by atoms with van der Waals surface area (Å²) in [5, 5.41) is 6.12. The van der Waals surface area contributed by atoms with E-state index in [1.54, 1.807) is 25.1 Å². The molecule has 124 valence electrons. The third-order valence-electron chi connectivity index (χ3n) is 3.39. The van der Waals surface area contributed by atoms with Gasteiger partial charge in [0.25, 0.3) is 0 Å². The summed E-state index contributed by atoms with van der Waals surface area (Å²) in [4.78, 5) is 12.2. The van der Waals surface area contributed by atoms with Gasteiger partial charge in [0.1, 0.15) is 5.76 Å². The van der Waals surface area contributed by atoms with Crippen molar-refractivity contribution in [1.29, 1.82) is 0 Å².